The molecule has 0 aliphatic rings. The standard InChI is InChI=1S/C16H11ClF2N4OS/c17-10-2-1-3-12(6-10)23-9-20-22-16(23)25-8-15(24)21-11-4-5-13(18)14(19)7-11/h1-7,9H,8H2,(H,21,24). The predicted octanol–water partition coefficient (Wildman–Crippen LogP) is 3.93. The average Bonchev–Trinajstić information content (AvgIpc) is 3.05. The fourth-order valence-corrected chi connectivity index (χ4v) is 2.94. The fraction of sp³-hybridized carbons (Fsp3) is 0.0625. The molecule has 0 aliphatic heterocycles. The van der Waals surface area contributed by atoms with Crippen LogP contribution in [0.3, 0.4) is 0 Å². The van der Waals surface area contributed by atoms with Crippen molar-refractivity contribution < 1.29 is 13.6 Å². The van der Waals surface area contributed by atoms with Gasteiger partial charge in [-0.1, -0.05) is 29.4 Å². The Labute approximate surface area is 151 Å². The Bertz CT molecular complexity index is 919. The van der Waals surface area contributed by atoms with Gasteiger partial charge in [-0.2, -0.15) is 0 Å². The van der Waals surface area contributed by atoms with Crippen LogP contribution in [0.1, 0.15) is 0 Å². The number of carbonyl (C=O) groups excluding carboxylic acids is 1. The second kappa shape index (κ2) is 7.62. The maximum Gasteiger partial charge on any atom is 0.234 e. The third kappa shape index (κ3) is 4.34. The molecule has 5 nitrogen and oxygen atoms in total. The van der Waals surface area contributed by atoms with Crippen molar-refractivity contribution >= 4 is 35.0 Å². The van der Waals surface area contributed by atoms with Crippen LogP contribution in [0.2, 0.25) is 5.02 Å². The lowest BCUT2D eigenvalue weighted by atomic mass is 10.3. The number of rotatable bonds is 5. The molecule has 1 aromatic heterocycles. The highest BCUT2D eigenvalue weighted by Crippen LogP contribution is 2.22. The van der Waals surface area contributed by atoms with Gasteiger partial charge in [0, 0.05) is 16.8 Å². The summed E-state index contributed by atoms with van der Waals surface area (Å²) in [7, 11) is 0. The second-order valence-electron chi connectivity index (χ2n) is 4.93. The van der Waals surface area contributed by atoms with Crippen molar-refractivity contribution in [2.45, 2.75) is 5.16 Å². The molecule has 3 rings (SSSR count). The molecule has 25 heavy (non-hydrogen) atoms. The van der Waals surface area contributed by atoms with Gasteiger partial charge < -0.3 is 5.32 Å². The summed E-state index contributed by atoms with van der Waals surface area (Å²) < 4.78 is 27.7. The summed E-state index contributed by atoms with van der Waals surface area (Å²) in [4.78, 5) is 12.0. The highest BCUT2D eigenvalue weighted by Gasteiger charge is 2.11. The molecule has 1 heterocycles. The van der Waals surface area contributed by atoms with Gasteiger partial charge in [0.05, 0.1) is 11.4 Å². The van der Waals surface area contributed by atoms with Crippen molar-refractivity contribution in [1.82, 2.24) is 14.8 Å². The van der Waals surface area contributed by atoms with E-state index in [-0.39, 0.29) is 17.3 Å². The van der Waals surface area contributed by atoms with E-state index in [2.05, 4.69) is 15.5 Å². The van der Waals surface area contributed by atoms with Crippen LogP contribution in [0.15, 0.2) is 53.9 Å². The van der Waals surface area contributed by atoms with Crippen molar-refractivity contribution in [3.05, 3.63) is 65.4 Å². The molecule has 9 heteroatoms. The van der Waals surface area contributed by atoms with Crippen LogP contribution < -0.4 is 5.32 Å². The van der Waals surface area contributed by atoms with E-state index in [1.54, 1.807) is 22.8 Å². The largest absolute Gasteiger partial charge is 0.325 e. The summed E-state index contributed by atoms with van der Waals surface area (Å²) in [6.45, 7) is 0. The van der Waals surface area contributed by atoms with Gasteiger partial charge in [-0.25, -0.2) is 8.78 Å². The molecule has 0 saturated carbocycles. The molecule has 0 spiro atoms. The van der Waals surface area contributed by atoms with Crippen molar-refractivity contribution in [3.63, 3.8) is 0 Å². The molecule has 0 aliphatic carbocycles. The van der Waals surface area contributed by atoms with Gasteiger partial charge in [0.25, 0.3) is 0 Å². The second-order valence-corrected chi connectivity index (χ2v) is 6.31. The topological polar surface area (TPSA) is 59.8 Å². The van der Waals surface area contributed by atoms with Crippen LogP contribution >= 0.6 is 23.4 Å². The maximum atomic E-state index is 13.1. The van der Waals surface area contributed by atoms with Gasteiger partial charge in [0.2, 0.25) is 5.91 Å². The maximum absolute atomic E-state index is 13.1. The summed E-state index contributed by atoms with van der Waals surface area (Å²) in [5.74, 6) is -2.34. The zero-order valence-electron chi connectivity index (χ0n) is 12.6. The van der Waals surface area contributed by atoms with E-state index in [1.165, 1.54) is 12.4 Å². The summed E-state index contributed by atoms with van der Waals surface area (Å²) in [5.41, 5.74) is 0.946. The molecule has 2 aromatic carbocycles. The van der Waals surface area contributed by atoms with Gasteiger partial charge in [-0.05, 0) is 30.3 Å². The van der Waals surface area contributed by atoms with E-state index in [9.17, 15) is 13.6 Å². The number of nitrogens with one attached hydrogen (secondary N) is 1. The van der Waals surface area contributed by atoms with Crippen LogP contribution in [0.4, 0.5) is 14.5 Å². The number of nitrogens with zero attached hydrogens (tertiary/aromatic N) is 3. The quantitative estimate of drug-likeness (QED) is 0.681. The number of hydrogen-bond acceptors (Lipinski definition) is 4. The Balaban J connectivity index is 1.65. The molecular weight excluding hydrogens is 370 g/mol. The van der Waals surface area contributed by atoms with E-state index >= 15 is 0 Å². The molecule has 0 saturated heterocycles. The Morgan fingerprint density at radius 2 is 2.04 bits per heavy atom. The summed E-state index contributed by atoms with van der Waals surface area (Å²) in [5, 5.41) is 11.4. The van der Waals surface area contributed by atoms with E-state index in [4.69, 9.17) is 11.6 Å². The molecule has 0 fully saturated rings. The van der Waals surface area contributed by atoms with Crippen LogP contribution in [0.5, 0.6) is 0 Å². The third-order valence-electron chi connectivity index (χ3n) is 3.14. The van der Waals surface area contributed by atoms with E-state index in [0.717, 1.165) is 29.6 Å². The SMILES string of the molecule is O=C(CSc1nncn1-c1cccc(Cl)c1)Nc1ccc(F)c(F)c1. The fourth-order valence-electron chi connectivity index (χ4n) is 2.03. The number of halogens is 3. The number of anilines is 1. The Morgan fingerprint density at radius 1 is 1.20 bits per heavy atom. The minimum Gasteiger partial charge on any atom is -0.325 e. The van der Waals surface area contributed by atoms with Crippen molar-refractivity contribution in [2.24, 2.45) is 0 Å². The Morgan fingerprint density at radius 3 is 2.80 bits per heavy atom. The average molecular weight is 381 g/mol. The lowest BCUT2D eigenvalue weighted by Crippen LogP contribution is -2.14. The van der Waals surface area contributed by atoms with Crippen LogP contribution in [0, 0.1) is 11.6 Å². The number of carbonyl (C=O) groups is 1. The first-order valence-corrected chi connectivity index (χ1v) is 8.43. The smallest absolute Gasteiger partial charge is 0.234 e. The van der Waals surface area contributed by atoms with Gasteiger partial charge >= 0.3 is 0 Å². The normalized spacial score (nSPS) is 10.7. The molecule has 0 bridgehead atoms. The molecular formula is C16H11ClF2N4OS. The van der Waals surface area contributed by atoms with Crippen LogP contribution in [-0.2, 0) is 4.79 Å². The molecule has 128 valence electrons. The van der Waals surface area contributed by atoms with E-state index in [0.29, 0.717) is 10.2 Å². The van der Waals surface area contributed by atoms with E-state index < -0.39 is 11.6 Å². The summed E-state index contributed by atoms with van der Waals surface area (Å²) >= 11 is 7.13. The number of amides is 1. The number of thioether (sulfide) groups is 1. The third-order valence-corrected chi connectivity index (χ3v) is 4.32. The van der Waals surface area contributed by atoms with Gasteiger partial charge in [0.1, 0.15) is 6.33 Å². The summed E-state index contributed by atoms with van der Waals surface area (Å²) in [6, 6.07) is 10.3. The van der Waals surface area contributed by atoms with Crippen molar-refractivity contribution in [3.8, 4) is 5.69 Å². The highest BCUT2D eigenvalue weighted by molar-refractivity contribution is 7.99. The molecule has 3 aromatic rings. The van der Waals surface area contributed by atoms with Gasteiger partial charge in [-0.3, -0.25) is 9.36 Å². The minimum absolute atomic E-state index is 0.0260. The van der Waals surface area contributed by atoms with Crippen molar-refractivity contribution in [1.29, 1.82) is 0 Å². The summed E-state index contributed by atoms with van der Waals surface area (Å²) in [6.07, 6.45) is 1.52. The molecule has 0 unspecified atom stereocenters. The number of benzene rings is 2. The van der Waals surface area contributed by atoms with Crippen LogP contribution in [-0.4, -0.2) is 26.4 Å². The molecule has 1 amide bonds. The van der Waals surface area contributed by atoms with Crippen LogP contribution in [0.25, 0.3) is 5.69 Å². The van der Waals surface area contributed by atoms with Gasteiger partial charge in [-0.15, -0.1) is 10.2 Å². The first-order valence-electron chi connectivity index (χ1n) is 7.06. The lowest BCUT2D eigenvalue weighted by molar-refractivity contribution is -0.113. The highest BCUT2D eigenvalue weighted by atomic mass is 35.5. The number of aromatic nitrogens is 3. The first-order chi connectivity index (χ1) is 12.0. The monoisotopic (exact) mass is 380 g/mol. The Hall–Kier alpha value is -2.45. The first kappa shape index (κ1) is 17.4. The van der Waals surface area contributed by atoms with E-state index in [1.807, 2.05) is 6.07 Å². The zero-order valence-corrected chi connectivity index (χ0v) is 14.2. The molecule has 0 radical (unpaired) electrons. The van der Waals surface area contributed by atoms with Crippen molar-refractivity contribution in [2.75, 3.05) is 11.1 Å². The number of hydrogen-bond donors (Lipinski definition) is 1. The molecule has 0 atom stereocenters. The molecule has 1 N–H and O–H groups in total. The minimum atomic E-state index is -1.02. The zero-order chi connectivity index (χ0) is 17.8. The Kier molecular flexibility index (Phi) is 5.30. The van der Waals surface area contributed by atoms with Gasteiger partial charge in [0.15, 0.2) is 16.8 Å². The lowest BCUT2D eigenvalue weighted by Gasteiger charge is -2.07. The predicted molar refractivity (Wildman–Crippen MR) is 92.1 cm³/mol.